The normalized spacial score (nSPS) is 12.4. The maximum Gasteiger partial charge on any atom is 0.345 e. The molecule has 0 saturated carbocycles. The maximum absolute atomic E-state index is 10.4. The Hall–Kier alpha value is -1.21. The number of anilines is 1. The zero-order valence-electron chi connectivity index (χ0n) is 8.34. The molecular formula is C8H13N3O3S. The molecular weight excluding hydrogens is 218 g/mol. The van der Waals surface area contributed by atoms with Crippen molar-refractivity contribution < 1.29 is 10.0 Å². The third-order valence-electron chi connectivity index (χ3n) is 1.97. The number of nitro groups is 1. The van der Waals surface area contributed by atoms with Gasteiger partial charge in [0.15, 0.2) is 5.13 Å². The zero-order valence-corrected chi connectivity index (χ0v) is 9.16. The largest absolute Gasteiger partial charge is 0.396 e. The first-order valence-corrected chi connectivity index (χ1v) is 5.46. The molecule has 1 unspecified atom stereocenters. The van der Waals surface area contributed by atoms with Crippen LogP contribution in [0.3, 0.4) is 0 Å². The van der Waals surface area contributed by atoms with Crippen LogP contribution in [0.25, 0.3) is 0 Å². The van der Waals surface area contributed by atoms with Gasteiger partial charge in [-0.3, -0.25) is 10.1 Å². The van der Waals surface area contributed by atoms with E-state index in [-0.39, 0.29) is 17.6 Å². The molecule has 0 spiro atoms. The van der Waals surface area contributed by atoms with Crippen LogP contribution >= 0.6 is 11.3 Å². The average Bonchev–Trinajstić information content (AvgIpc) is 2.65. The molecule has 15 heavy (non-hydrogen) atoms. The second kappa shape index (κ2) is 5.62. The van der Waals surface area contributed by atoms with Gasteiger partial charge in [0.1, 0.15) is 6.20 Å². The lowest BCUT2D eigenvalue weighted by atomic mass is 10.2. The molecule has 0 amide bonds. The van der Waals surface area contributed by atoms with E-state index < -0.39 is 4.92 Å². The zero-order chi connectivity index (χ0) is 11.3. The number of aliphatic hydroxyl groups excluding tert-OH is 1. The predicted molar refractivity (Wildman–Crippen MR) is 58.2 cm³/mol. The molecule has 0 fully saturated rings. The minimum Gasteiger partial charge on any atom is -0.396 e. The first-order valence-electron chi connectivity index (χ1n) is 4.65. The van der Waals surface area contributed by atoms with Crippen molar-refractivity contribution in [1.82, 2.24) is 4.98 Å². The van der Waals surface area contributed by atoms with E-state index in [2.05, 4.69) is 10.3 Å². The summed E-state index contributed by atoms with van der Waals surface area (Å²) in [5.74, 6) is 0. The number of rotatable bonds is 6. The van der Waals surface area contributed by atoms with Crippen LogP contribution in [0.1, 0.15) is 19.8 Å². The molecule has 1 heterocycles. The number of hydrogen-bond donors (Lipinski definition) is 2. The summed E-state index contributed by atoms with van der Waals surface area (Å²) in [5, 5.41) is 22.8. The highest BCUT2D eigenvalue weighted by Gasteiger charge is 2.13. The van der Waals surface area contributed by atoms with Gasteiger partial charge in [0, 0.05) is 12.6 Å². The van der Waals surface area contributed by atoms with Gasteiger partial charge in [0.05, 0.1) is 4.92 Å². The second-order valence-electron chi connectivity index (χ2n) is 3.02. The quantitative estimate of drug-likeness (QED) is 0.573. The molecule has 0 aromatic carbocycles. The Morgan fingerprint density at radius 3 is 3.00 bits per heavy atom. The highest BCUT2D eigenvalue weighted by atomic mass is 32.1. The first kappa shape index (κ1) is 11.9. The summed E-state index contributed by atoms with van der Waals surface area (Å²) in [5.41, 5.74) is 0. The molecule has 1 atom stereocenters. The van der Waals surface area contributed by atoms with Crippen molar-refractivity contribution in [2.24, 2.45) is 0 Å². The van der Waals surface area contributed by atoms with Crippen LogP contribution in [0.5, 0.6) is 0 Å². The van der Waals surface area contributed by atoms with Crippen LogP contribution in [-0.4, -0.2) is 27.7 Å². The fourth-order valence-corrected chi connectivity index (χ4v) is 1.83. The summed E-state index contributed by atoms with van der Waals surface area (Å²) in [6.45, 7) is 2.08. The summed E-state index contributed by atoms with van der Waals surface area (Å²) in [4.78, 5) is 13.8. The van der Waals surface area contributed by atoms with E-state index in [1.54, 1.807) is 0 Å². The lowest BCUT2D eigenvalue weighted by Gasteiger charge is -2.13. The van der Waals surface area contributed by atoms with Crippen molar-refractivity contribution in [3.05, 3.63) is 16.3 Å². The van der Waals surface area contributed by atoms with Gasteiger partial charge in [-0.1, -0.05) is 6.92 Å². The van der Waals surface area contributed by atoms with Crippen molar-refractivity contribution in [2.45, 2.75) is 25.8 Å². The molecule has 0 bridgehead atoms. The van der Waals surface area contributed by atoms with Gasteiger partial charge in [0.2, 0.25) is 0 Å². The molecule has 0 aliphatic rings. The molecule has 2 N–H and O–H groups in total. The molecule has 0 saturated heterocycles. The topological polar surface area (TPSA) is 88.3 Å². The van der Waals surface area contributed by atoms with E-state index >= 15 is 0 Å². The average molecular weight is 231 g/mol. The third-order valence-corrected chi connectivity index (χ3v) is 2.85. The summed E-state index contributed by atoms with van der Waals surface area (Å²) in [6, 6.07) is 0.112. The molecule has 0 radical (unpaired) electrons. The van der Waals surface area contributed by atoms with Crippen molar-refractivity contribution in [3.8, 4) is 0 Å². The number of aliphatic hydroxyl groups is 1. The maximum atomic E-state index is 10.4. The highest BCUT2D eigenvalue weighted by molar-refractivity contribution is 7.18. The van der Waals surface area contributed by atoms with E-state index in [0.29, 0.717) is 11.6 Å². The summed E-state index contributed by atoms with van der Waals surface area (Å²) in [7, 11) is 0. The van der Waals surface area contributed by atoms with E-state index in [1.807, 2.05) is 6.92 Å². The summed E-state index contributed by atoms with van der Waals surface area (Å²) in [6.07, 6.45) is 2.69. The molecule has 0 aliphatic carbocycles. The van der Waals surface area contributed by atoms with Crippen molar-refractivity contribution in [1.29, 1.82) is 0 Å². The SMILES string of the molecule is CCC(CCO)Nc1ncc([N+](=O)[O-])s1. The van der Waals surface area contributed by atoms with Crippen molar-refractivity contribution in [3.63, 3.8) is 0 Å². The summed E-state index contributed by atoms with van der Waals surface area (Å²) >= 11 is 1.01. The Morgan fingerprint density at radius 1 is 1.80 bits per heavy atom. The van der Waals surface area contributed by atoms with E-state index in [4.69, 9.17) is 5.11 Å². The van der Waals surface area contributed by atoms with E-state index in [0.717, 1.165) is 17.8 Å². The second-order valence-corrected chi connectivity index (χ2v) is 4.03. The minimum absolute atomic E-state index is 0.0244. The van der Waals surface area contributed by atoms with Gasteiger partial charge in [-0.25, -0.2) is 4.98 Å². The molecule has 7 heteroatoms. The molecule has 84 valence electrons. The number of nitrogens with one attached hydrogen (secondary N) is 1. The van der Waals surface area contributed by atoms with E-state index in [1.165, 1.54) is 6.20 Å². The van der Waals surface area contributed by atoms with Gasteiger partial charge in [-0.05, 0) is 24.2 Å². The number of thiazole rings is 1. The summed E-state index contributed by atoms with van der Waals surface area (Å²) < 4.78 is 0. The van der Waals surface area contributed by atoms with Crippen LogP contribution < -0.4 is 5.32 Å². The first-order chi connectivity index (χ1) is 7.17. The van der Waals surface area contributed by atoms with Crippen LogP contribution in [0.4, 0.5) is 10.1 Å². The number of nitrogens with zero attached hydrogens (tertiary/aromatic N) is 2. The fraction of sp³-hybridized carbons (Fsp3) is 0.625. The van der Waals surface area contributed by atoms with E-state index in [9.17, 15) is 10.1 Å². The number of hydrogen-bond acceptors (Lipinski definition) is 6. The molecule has 6 nitrogen and oxygen atoms in total. The van der Waals surface area contributed by atoms with Gasteiger partial charge >= 0.3 is 5.00 Å². The van der Waals surface area contributed by atoms with Crippen LogP contribution in [-0.2, 0) is 0 Å². The Bertz CT molecular complexity index is 329. The molecule has 1 rings (SSSR count). The molecule has 1 aromatic rings. The standard InChI is InChI=1S/C8H13N3O3S/c1-2-6(3-4-12)10-8-9-5-7(15-8)11(13)14/h5-6,12H,2-4H2,1H3,(H,9,10). The van der Waals surface area contributed by atoms with Crippen molar-refractivity contribution in [2.75, 3.05) is 11.9 Å². The minimum atomic E-state index is -0.462. The highest BCUT2D eigenvalue weighted by Crippen LogP contribution is 2.25. The third kappa shape index (κ3) is 3.45. The number of aromatic nitrogens is 1. The smallest absolute Gasteiger partial charge is 0.345 e. The van der Waals surface area contributed by atoms with Crippen molar-refractivity contribution >= 4 is 21.5 Å². The predicted octanol–water partition coefficient (Wildman–Crippen LogP) is 1.62. The molecule has 1 aromatic heterocycles. The van der Waals surface area contributed by atoms with Crippen LogP contribution in [0.15, 0.2) is 6.20 Å². The Kier molecular flexibility index (Phi) is 4.44. The molecule has 0 aliphatic heterocycles. The fourth-order valence-electron chi connectivity index (χ4n) is 1.13. The Morgan fingerprint density at radius 2 is 2.53 bits per heavy atom. The Balaban J connectivity index is 2.59. The van der Waals surface area contributed by atoms with Crippen LogP contribution in [0.2, 0.25) is 0 Å². The van der Waals surface area contributed by atoms with Gasteiger partial charge < -0.3 is 10.4 Å². The van der Waals surface area contributed by atoms with Gasteiger partial charge in [-0.15, -0.1) is 0 Å². The monoisotopic (exact) mass is 231 g/mol. The van der Waals surface area contributed by atoms with Gasteiger partial charge in [0.25, 0.3) is 0 Å². The van der Waals surface area contributed by atoms with Gasteiger partial charge in [-0.2, -0.15) is 0 Å². The lowest BCUT2D eigenvalue weighted by molar-refractivity contribution is -0.380. The van der Waals surface area contributed by atoms with Crippen LogP contribution in [0, 0.1) is 10.1 Å². The lowest BCUT2D eigenvalue weighted by Crippen LogP contribution is -2.19. The Labute approximate surface area is 91.1 Å².